The molecule has 1 aromatic heterocycles. The molecule has 174 valence electrons. The Morgan fingerprint density at radius 3 is 2.59 bits per heavy atom. The molecule has 1 aliphatic heterocycles. The summed E-state index contributed by atoms with van der Waals surface area (Å²) in [5.41, 5.74) is 2.74. The molecule has 3 rings (SSSR count). The molecule has 0 aliphatic carbocycles. The number of aryl methyl sites for hydroxylation is 1. The van der Waals surface area contributed by atoms with Crippen LogP contribution in [0.4, 0.5) is 0 Å². The molecule has 7 nitrogen and oxygen atoms in total. The topological polar surface area (TPSA) is 95.7 Å². The summed E-state index contributed by atoms with van der Waals surface area (Å²) in [4.78, 5) is 28.0. The predicted octanol–water partition coefficient (Wildman–Crippen LogP) is 3.78. The van der Waals surface area contributed by atoms with Crippen LogP contribution in [0.15, 0.2) is 28.8 Å². The molecule has 0 bridgehead atoms. The Kier molecular flexibility index (Phi) is 7.62. The standard InChI is InChI=1S/C24H32ClN3O4/c1-13(2)19-9-17(25)7-6-16(19)11-26-23(30)20-10-18(29)12-28(20)24(31)22(14(3)4)21-8-15(5)27-32-21/h6-9,13-14,18,20,22,29H,10-12H2,1-5H3,(H,26,30). The third-order valence-electron chi connectivity index (χ3n) is 5.93. The van der Waals surface area contributed by atoms with Gasteiger partial charge in [0.25, 0.3) is 0 Å². The lowest BCUT2D eigenvalue weighted by Crippen LogP contribution is -2.48. The van der Waals surface area contributed by atoms with Crippen LogP contribution >= 0.6 is 11.6 Å². The second-order valence-corrected chi connectivity index (χ2v) is 9.64. The number of amides is 2. The van der Waals surface area contributed by atoms with E-state index in [-0.39, 0.29) is 36.6 Å². The normalized spacial score (nSPS) is 19.6. The molecule has 2 aromatic rings. The molecule has 1 fully saturated rings. The molecule has 3 unspecified atom stereocenters. The number of hydrogen-bond acceptors (Lipinski definition) is 5. The Labute approximate surface area is 194 Å². The first-order valence-electron chi connectivity index (χ1n) is 11.1. The van der Waals surface area contributed by atoms with Crippen LogP contribution in [0.25, 0.3) is 0 Å². The van der Waals surface area contributed by atoms with E-state index in [1.54, 1.807) is 19.1 Å². The number of likely N-dealkylation sites (tertiary alicyclic amines) is 1. The van der Waals surface area contributed by atoms with E-state index in [9.17, 15) is 14.7 Å². The van der Waals surface area contributed by atoms with Gasteiger partial charge in [-0.2, -0.15) is 0 Å². The van der Waals surface area contributed by atoms with Gasteiger partial charge in [-0.15, -0.1) is 0 Å². The molecule has 1 aromatic carbocycles. The van der Waals surface area contributed by atoms with Crippen LogP contribution in [0.3, 0.4) is 0 Å². The number of β-amino-alcohol motifs (C(OH)–C–C–N with tert-alkyl or cyclic N) is 1. The van der Waals surface area contributed by atoms with Gasteiger partial charge in [-0.1, -0.05) is 50.5 Å². The number of aliphatic hydroxyl groups is 1. The lowest BCUT2D eigenvalue weighted by atomic mass is 9.91. The number of nitrogens with one attached hydrogen (secondary N) is 1. The number of nitrogens with zero attached hydrogens (tertiary/aromatic N) is 2. The van der Waals surface area contributed by atoms with Crippen molar-refractivity contribution in [3.8, 4) is 0 Å². The highest BCUT2D eigenvalue weighted by molar-refractivity contribution is 6.30. The van der Waals surface area contributed by atoms with Crippen LogP contribution in [0.2, 0.25) is 5.02 Å². The van der Waals surface area contributed by atoms with Crippen molar-refractivity contribution < 1.29 is 19.2 Å². The summed E-state index contributed by atoms with van der Waals surface area (Å²) < 4.78 is 5.37. The number of rotatable bonds is 7. The smallest absolute Gasteiger partial charge is 0.243 e. The van der Waals surface area contributed by atoms with E-state index < -0.39 is 18.1 Å². The summed E-state index contributed by atoms with van der Waals surface area (Å²) in [5.74, 6) is -0.410. The number of carbonyl (C=O) groups excluding carboxylic acids is 2. The van der Waals surface area contributed by atoms with E-state index in [1.165, 1.54) is 4.90 Å². The summed E-state index contributed by atoms with van der Waals surface area (Å²) >= 11 is 6.13. The minimum absolute atomic E-state index is 0.0565. The van der Waals surface area contributed by atoms with Crippen molar-refractivity contribution in [3.05, 3.63) is 51.9 Å². The number of carbonyl (C=O) groups is 2. The van der Waals surface area contributed by atoms with Crippen molar-refractivity contribution in [2.75, 3.05) is 6.54 Å². The van der Waals surface area contributed by atoms with Crippen LogP contribution in [0.5, 0.6) is 0 Å². The van der Waals surface area contributed by atoms with Crippen molar-refractivity contribution in [2.45, 2.75) is 71.6 Å². The molecule has 3 atom stereocenters. The highest BCUT2D eigenvalue weighted by Crippen LogP contribution is 2.31. The maximum Gasteiger partial charge on any atom is 0.243 e. The summed E-state index contributed by atoms with van der Waals surface area (Å²) in [7, 11) is 0. The molecule has 2 amide bonds. The fourth-order valence-electron chi connectivity index (χ4n) is 4.31. The zero-order valence-electron chi connectivity index (χ0n) is 19.3. The van der Waals surface area contributed by atoms with E-state index in [1.807, 2.05) is 26.0 Å². The Balaban J connectivity index is 1.76. The van der Waals surface area contributed by atoms with Crippen molar-refractivity contribution in [1.82, 2.24) is 15.4 Å². The summed E-state index contributed by atoms with van der Waals surface area (Å²) in [6.45, 7) is 10.2. The molecule has 2 N–H and O–H groups in total. The fraction of sp³-hybridized carbons (Fsp3) is 0.542. The third kappa shape index (κ3) is 5.33. The van der Waals surface area contributed by atoms with Gasteiger partial charge in [0.15, 0.2) is 0 Å². The van der Waals surface area contributed by atoms with E-state index in [4.69, 9.17) is 16.1 Å². The van der Waals surface area contributed by atoms with Gasteiger partial charge in [-0.3, -0.25) is 9.59 Å². The van der Waals surface area contributed by atoms with Gasteiger partial charge in [-0.25, -0.2) is 0 Å². The molecule has 1 aliphatic rings. The molecule has 8 heteroatoms. The molecule has 32 heavy (non-hydrogen) atoms. The molecule has 0 radical (unpaired) electrons. The first kappa shape index (κ1) is 24.3. The molecular formula is C24H32ClN3O4. The van der Waals surface area contributed by atoms with Gasteiger partial charge in [0.05, 0.1) is 11.8 Å². The van der Waals surface area contributed by atoms with Crippen molar-refractivity contribution in [1.29, 1.82) is 0 Å². The largest absolute Gasteiger partial charge is 0.391 e. The zero-order chi connectivity index (χ0) is 23.6. The minimum Gasteiger partial charge on any atom is -0.391 e. The highest BCUT2D eigenvalue weighted by Gasteiger charge is 2.43. The van der Waals surface area contributed by atoms with E-state index in [0.717, 1.165) is 11.1 Å². The number of benzene rings is 1. The maximum atomic E-state index is 13.4. The quantitative estimate of drug-likeness (QED) is 0.654. The zero-order valence-corrected chi connectivity index (χ0v) is 20.0. The van der Waals surface area contributed by atoms with E-state index in [0.29, 0.717) is 23.0 Å². The van der Waals surface area contributed by atoms with Gasteiger partial charge in [-0.05, 0) is 42.0 Å². The first-order chi connectivity index (χ1) is 15.1. The second-order valence-electron chi connectivity index (χ2n) is 9.20. The molecule has 0 saturated carbocycles. The predicted molar refractivity (Wildman–Crippen MR) is 122 cm³/mol. The van der Waals surface area contributed by atoms with Crippen LogP contribution in [0.1, 0.15) is 68.5 Å². The minimum atomic E-state index is -0.749. The van der Waals surface area contributed by atoms with E-state index >= 15 is 0 Å². The highest BCUT2D eigenvalue weighted by atomic mass is 35.5. The molecule has 1 saturated heterocycles. The molecular weight excluding hydrogens is 430 g/mol. The van der Waals surface area contributed by atoms with Gasteiger partial charge >= 0.3 is 0 Å². The van der Waals surface area contributed by atoms with Crippen LogP contribution < -0.4 is 5.32 Å². The lowest BCUT2D eigenvalue weighted by Gasteiger charge is -2.28. The van der Waals surface area contributed by atoms with Crippen LogP contribution in [-0.2, 0) is 16.1 Å². The third-order valence-corrected chi connectivity index (χ3v) is 6.17. The van der Waals surface area contributed by atoms with Crippen molar-refractivity contribution >= 4 is 23.4 Å². The number of hydrogen-bond donors (Lipinski definition) is 2. The molecule has 2 heterocycles. The summed E-state index contributed by atoms with van der Waals surface area (Å²) in [6, 6.07) is 6.63. The second kappa shape index (κ2) is 10.0. The SMILES string of the molecule is Cc1cc(C(C(=O)N2CC(O)CC2C(=O)NCc2ccc(Cl)cc2C(C)C)C(C)C)on1. The summed E-state index contributed by atoms with van der Waals surface area (Å²) in [5, 5.41) is 17.8. The van der Waals surface area contributed by atoms with E-state index in [2.05, 4.69) is 24.3 Å². The average Bonchev–Trinajstić information content (AvgIpc) is 3.32. The van der Waals surface area contributed by atoms with Gasteiger partial charge in [0.2, 0.25) is 11.8 Å². The van der Waals surface area contributed by atoms with Gasteiger partial charge in [0.1, 0.15) is 17.7 Å². The number of halogens is 1. The first-order valence-corrected chi connectivity index (χ1v) is 11.4. The Morgan fingerprint density at radius 2 is 2.00 bits per heavy atom. The van der Waals surface area contributed by atoms with Gasteiger partial charge < -0.3 is 19.8 Å². The van der Waals surface area contributed by atoms with Crippen molar-refractivity contribution in [2.24, 2.45) is 5.92 Å². The summed E-state index contributed by atoms with van der Waals surface area (Å²) in [6.07, 6.45) is -0.545. The van der Waals surface area contributed by atoms with Crippen molar-refractivity contribution in [3.63, 3.8) is 0 Å². The van der Waals surface area contributed by atoms with Gasteiger partial charge in [0, 0.05) is 30.6 Å². The monoisotopic (exact) mass is 461 g/mol. The number of aliphatic hydroxyl groups excluding tert-OH is 1. The number of aromatic nitrogens is 1. The fourth-order valence-corrected chi connectivity index (χ4v) is 4.49. The maximum absolute atomic E-state index is 13.4. The average molecular weight is 462 g/mol. The van der Waals surface area contributed by atoms with Crippen LogP contribution in [0, 0.1) is 12.8 Å². The Bertz CT molecular complexity index is 972. The lowest BCUT2D eigenvalue weighted by molar-refractivity contribution is -0.141. The Hall–Kier alpha value is -2.38. The van der Waals surface area contributed by atoms with Crippen LogP contribution in [-0.4, -0.2) is 45.7 Å². The molecule has 0 spiro atoms. The Morgan fingerprint density at radius 1 is 1.28 bits per heavy atom.